The van der Waals surface area contributed by atoms with E-state index in [1.807, 2.05) is 0 Å². The van der Waals surface area contributed by atoms with Crippen LogP contribution in [0.3, 0.4) is 0 Å². The predicted molar refractivity (Wildman–Crippen MR) is 92.7 cm³/mol. The van der Waals surface area contributed by atoms with Gasteiger partial charge in [0.1, 0.15) is 12.7 Å². The van der Waals surface area contributed by atoms with Gasteiger partial charge in [0.2, 0.25) is 0 Å². The number of hydrogen-bond acceptors (Lipinski definition) is 5. The first kappa shape index (κ1) is 16.8. The molecule has 1 heterocycles. The van der Waals surface area contributed by atoms with Gasteiger partial charge in [0, 0.05) is 12.8 Å². The van der Waals surface area contributed by atoms with Crippen molar-refractivity contribution in [3.8, 4) is 0 Å². The van der Waals surface area contributed by atoms with Crippen molar-refractivity contribution in [3.63, 3.8) is 0 Å². The number of cyclic esters (lactones) is 1. The Kier molecular flexibility index (Phi) is 4.11. The monoisotopic (exact) mass is 360 g/mol. The lowest BCUT2D eigenvalue weighted by atomic mass is 9.69. The van der Waals surface area contributed by atoms with Gasteiger partial charge in [-0.15, -0.1) is 0 Å². The van der Waals surface area contributed by atoms with E-state index < -0.39 is 6.10 Å². The van der Waals surface area contributed by atoms with Crippen molar-refractivity contribution in [2.75, 3.05) is 6.61 Å². The number of fused-ring (bicyclic) bond motifs is 9. The molecule has 5 heteroatoms. The number of aliphatic hydroxyl groups is 1. The van der Waals surface area contributed by atoms with E-state index in [1.165, 1.54) is 12.8 Å². The summed E-state index contributed by atoms with van der Waals surface area (Å²) in [4.78, 5) is 24.0. The number of aliphatic hydroxyl groups excluding tert-OH is 1. The summed E-state index contributed by atoms with van der Waals surface area (Å²) in [6, 6.07) is 0. The van der Waals surface area contributed by atoms with Crippen LogP contribution in [0.4, 0.5) is 0 Å². The molecule has 142 valence electrons. The lowest BCUT2D eigenvalue weighted by Crippen LogP contribution is -2.36. The van der Waals surface area contributed by atoms with Gasteiger partial charge in [-0.25, -0.2) is 0 Å². The number of carbonyl (C=O) groups excluding carboxylic acids is 2. The first-order valence-electron chi connectivity index (χ1n) is 10.3. The third kappa shape index (κ3) is 2.70. The quantitative estimate of drug-likeness (QED) is 0.463. The third-order valence-corrected chi connectivity index (χ3v) is 7.73. The summed E-state index contributed by atoms with van der Waals surface area (Å²) in [5, 5.41) is 10.2. The number of ether oxygens (including phenoxy) is 2. The predicted octanol–water partition coefficient (Wildman–Crippen LogP) is 2.47. The molecule has 4 aliphatic carbocycles. The lowest BCUT2D eigenvalue weighted by Gasteiger charge is -2.35. The maximum absolute atomic E-state index is 12.6. The minimum absolute atomic E-state index is 0.0147. The summed E-state index contributed by atoms with van der Waals surface area (Å²) < 4.78 is 10.7. The summed E-state index contributed by atoms with van der Waals surface area (Å²) in [5.41, 5.74) is 0. The summed E-state index contributed by atoms with van der Waals surface area (Å²) in [6.07, 6.45) is 9.65. The zero-order chi connectivity index (χ0) is 17.8. The fraction of sp³-hybridized carbons (Fsp3) is 0.810. The molecular formula is C21H28O5. The van der Waals surface area contributed by atoms with E-state index in [1.54, 1.807) is 0 Å². The SMILES string of the molecule is O=C1CCCC(CC(O)COC(=O)C2CC3CC2C2C4C=CC(C4)C32)O1. The molecule has 1 saturated heterocycles. The molecule has 5 aliphatic rings. The van der Waals surface area contributed by atoms with Crippen molar-refractivity contribution < 1.29 is 24.2 Å². The van der Waals surface area contributed by atoms with E-state index in [4.69, 9.17) is 9.47 Å². The molecule has 3 saturated carbocycles. The van der Waals surface area contributed by atoms with Gasteiger partial charge in [0.05, 0.1) is 12.0 Å². The molecule has 5 rings (SSSR count). The van der Waals surface area contributed by atoms with Gasteiger partial charge in [0.25, 0.3) is 0 Å². The van der Waals surface area contributed by atoms with E-state index in [2.05, 4.69) is 12.2 Å². The molecular weight excluding hydrogens is 332 g/mol. The number of esters is 2. The van der Waals surface area contributed by atoms with Crippen LogP contribution >= 0.6 is 0 Å². The molecule has 4 bridgehead atoms. The summed E-state index contributed by atoms with van der Waals surface area (Å²) in [7, 11) is 0. The van der Waals surface area contributed by atoms with Crippen molar-refractivity contribution in [2.45, 2.75) is 57.2 Å². The smallest absolute Gasteiger partial charge is 0.309 e. The third-order valence-electron chi connectivity index (χ3n) is 7.73. The van der Waals surface area contributed by atoms with Gasteiger partial charge in [-0.05, 0) is 67.6 Å². The molecule has 4 fully saturated rings. The molecule has 0 radical (unpaired) electrons. The van der Waals surface area contributed by atoms with Crippen LogP contribution in [0.15, 0.2) is 12.2 Å². The molecule has 26 heavy (non-hydrogen) atoms. The van der Waals surface area contributed by atoms with E-state index in [0.717, 1.165) is 31.1 Å². The first-order chi connectivity index (χ1) is 12.6. The Morgan fingerprint density at radius 3 is 2.85 bits per heavy atom. The lowest BCUT2D eigenvalue weighted by molar-refractivity contribution is -0.160. The molecule has 1 N–H and O–H groups in total. The average Bonchev–Trinajstić information content (AvgIpc) is 3.37. The number of carbonyl (C=O) groups is 2. The highest BCUT2D eigenvalue weighted by Gasteiger charge is 2.62. The molecule has 0 amide bonds. The molecule has 0 aromatic heterocycles. The normalized spacial score (nSPS) is 46.3. The summed E-state index contributed by atoms with van der Waals surface area (Å²) in [5.74, 6) is 3.82. The van der Waals surface area contributed by atoms with E-state index in [-0.39, 0.29) is 30.6 Å². The second-order valence-corrected chi connectivity index (χ2v) is 9.13. The highest BCUT2D eigenvalue weighted by molar-refractivity contribution is 5.73. The largest absolute Gasteiger partial charge is 0.463 e. The van der Waals surface area contributed by atoms with Crippen LogP contribution in [0.5, 0.6) is 0 Å². The van der Waals surface area contributed by atoms with Crippen LogP contribution in [0.25, 0.3) is 0 Å². The number of allylic oxidation sites excluding steroid dienone is 2. The number of hydrogen-bond donors (Lipinski definition) is 1. The van der Waals surface area contributed by atoms with E-state index in [9.17, 15) is 14.7 Å². The van der Waals surface area contributed by atoms with Crippen LogP contribution in [0.2, 0.25) is 0 Å². The highest BCUT2D eigenvalue weighted by atomic mass is 16.6. The molecule has 9 unspecified atom stereocenters. The van der Waals surface area contributed by atoms with Gasteiger partial charge >= 0.3 is 11.9 Å². The molecule has 1 aliphatic heterocycles. The maximum atomic E-state index is 12.6. The molecule has 0 aromatic carbocycles. The van der Waals surface area contributed by atoms with Crippen molar-refractivity contribution in [1.29, 1.82) is 0 Å². The average molecular weight is 360 g/mol. The topological polar surface area (TPSA) is 72.8 Å². The second kappa shape index (κ2) is 6.36. The minimum Gasteiger partial charge on any atom is -0.463 e. The van der Waals surface area contributed by atoms with Crippen LogP contribution in [-0.4, -0.2) is 35.9 Å². The van der Waals surface area contributed by atoms with Crippen molar-refractivity contribution in [3.05, 3.63) is 12.2 Å². The number of rotatable bonds is 5. The van der Waals surface area contributed by atoms with Gasteiger partial charge < -0.3 is 14.6 Å². The molecule has 5 nitrogen and oxygen atoms in total. The Labute approximate surface area is 154 Å². The van der Waals surface area contributed by atoms with Gasteiger partial charge in [0.15, 0.2) is 0 Å². The van der Waals surface area contributed by atoms with Gasteiger partial charge in [-0.2, -0.15) is 0 Å². The Bertz CT molecular complexity index is 628. The Hall–Kier alpha value is -1.36. The fourth-order valence-electron chi connectivity index (χ4n) is 6.89. The molecule has 0 spiro atoms. The Morgan fingerprint density at radius 1 is 1.23 bits per heavy atom. The zero-order valence-corrected chi connectivity index (χ0v) is 15.1. The van der Waals surface area contributed by atoms with Crippen molar-refractivity contribution >= 4 is 11.9 Å². The van der Waals surface area contributed by atoms with Crippen LogP contribution in [0.1, 0.15) is 44.9 Å². The zero-order valence-electron chi connectivity index (χ0n) is 15.1. The molecule has 0 aromatic rings. The molecule has 9 atom stereocenters. The van der Waals surface area contributed by atoms with E-state index >= 15 is 0 Å². The Balaban J connectivity index is 1.13. The van der Waals surface area contributed by atoms with Crippen LogP contribution in [0, 0.1) is 41.4 Å². The highest BCUT2D eigenvalue weighted by Crippen LogP contribution is 2.67. The first-order valence-corrected chi connectivity index (χ1v) is 10.3. The van der Waals surface area contributed by atoms with Crippen LogP contribution in [-0.2, 0) is 19.1 Å². The summed E-state index contributed by atoms with van der Waals surface area (Å²) in [6.45, 7) is 0.0147. The van der Waals surface area contributed by atoms with Gasteiger partial charge in [-0.1, -0.05) is 12.2 Å². The standard InChI is InChI=1S/C21H28O5/c22-14(9-15-2-1-3-18(23)26-15)10-25-21(24)17-8-13-7-16(17)20-12-5-4-11(6-12)19(13)20/h4-5,11-17,19-20,22H,1-3,6-10H2. The van der Waals surface area contributed by atoms with Crippen LogP contribution < -0.4 is 0 Å². The van der Waals surface area contributed by atoms with E-state index in [0.29, 0.717) is 36.5 Å². The van der Waals surface area contributed by atoms with Crippen molar-refractivity contribution in [1.82, 2.24) is 0 Å². The summed E-state index contributed by atoms with van der Waals surface area (Å²) >= 11 is 0. The fourth-order valence-corrected chi connectivity index (χ4v) is 6.89. The minimum atomic E-state index is -0.758. The van der Waals surface area contributed by atoms with Gasteiger partial charge in [-0.3, -0.25) is 9.59 Å². The Morgan fingerprint density at radius 2 is 2.04 bits per heavy atom. The second-order valence-electron chi connectivity index (χ2n) is 9.13. The maximum Gasteiger partial charge on any atom is 0.309 e. The van der Waals surface area contributed by atoms with Crippen molar-refractivity contribution in [2.24, 2.45) is 41.4 Å².